The van der Waals surface area contributed by atoms with Gasteiger partial charge in [0.1, 0.15) is 0 Å². The van der Waals surface area contributed by atoms with Gasteiger partial charge >= 0.3 is 0 Å². The number of hydrogen-bond donors (Lipinski definition) is 3. The minimum atomic E-state index is -0.786. The molecule has 6 N–H and O–H groups in total. The molecule has 0 bridgehead atoms. The van der Waals surface area contributed by atoms with E-state index in [0.717, 1.165) is 0 Å². The van der Waals surface area contributed by atoms with Crippen LogP contribution in [0.4, 0.5) is 0 Å². The molecule has 0 aliphatic rings. The van der Waals surface area contributed by atoms with Crippen molar-refractivity contribution in [3.05, 3.63) is 0 Å². The van der Waals surface area contributed by atoms with Gasteiger partial charge in [-0.25, -0.2) is 0 Å². The Morgan fingerprint density at radius 3 is 2.46 bits per heavy atom. The Morgan fingerprint density at radius 1 is 1.38 bits per heavy atom. The summed E-state index contributed by atoms with van der Waals surface area (Å²) >= 11 is 0. The van der Waals surface area contributed by atoms with Gasteiger partial charge in [0.2, 0.25) is 5.96 Å². The standard InChI is InChI=1S/C6H15N5OS/c1-13(12)4-2-3-10-6(9)11-5(7)8/h2-4H2,1H3,(H6,7,8,9,10,11). The maximum absolute atomic E-state index is 10.6. The van der Waals surface area contributed by atoms with Crippen LogP contribution in [0.25, 0.3) is 0 Å². The van der Waals surface area contributed by atoms with E-state index in [0.29, 0.717) is 18.7 Å². The minimum absolute atomic E-state index is 0.0573. The Kier molecular flexibility index (Phi) is 5.86. The maximum Gasteiger partial charge on any atom is 0.218 e. The molecule has 1 atom stereocenters. The van der Waals surface area contributed by atoms with Gasteiger partial charge in [-0.15, -0.1) is 0 Å². The van der Waals surface area contributed by atoms with Crippen molar-refractivity contribution in [1.29, 1.82) is 0 Å². The quantitative estimate of drug-likeness (QED) is 0.289. The van der Waals surface area contributed by atoms with Gasteiger partial charge < -0.3 is 17.2 Å². The summed E-state index contributed by atoms with van der Waals surface area (Å²) in [5, 5.41) is 0. The van der Waals surface area contributed by atoms with Crippen molar-refractivity contribution in [2.75, 3.05) is 18.6 Å². The molecule has 0 amide bonds. The topological polar surface area (TPSA) is 120 Å². The Bertz CT molecular complexity index is 233. The molecule has 0 saturated carbocycles. The van der Waals surface area contributed by atoms with E-state index in [9.17, 15) is 4.21 Å². The van der Waals surface area contributed by atoms with E-state index >= 15 is 0 Å². The molecule has 0 aromatic rings. The Labute approximate surface area is 79.7 Å². The Morgan fingerprint density at radius 2 is 2.00 bits per heavy atom. The highest BCUT2D eigenvalue weighted by Crippen LogP contribution is 1.85. The van der Waals surface area contributed by atoms with Crippen LogP contribution < -0.4 is 17.2 Å². The zero-order valence-corrected chi connectivity index (χ0v) is 8.38. The van der Waals surface area contributed by atoms with Crippen LogP contribution in [-0.2, 0) is 10.8 Å². The van der Waals surface area contributed by atoms with Crippen LogP contribution in [0, 0.1) is 0 Å². The van der Waals surface area contributed by atoms with Gasteiger partial charge in [0.25, 0.3) is 0 Å². The largest absolute Gasteiger partial charge is 0.370 e. The zero-order valence-electron chi connectivity index (χ0n) is 7.56. The third-order valence-electron chi connectivity index (χ3n) is 1.11. The van der Waals surface area contributed by atoms with Gasteiger partial charge in [0.05, 0.1) is 0 Å². The zero-order chi connectivity index (χ0) is 10.3. The number of hydrogen-bond acceptors (Lipinski definition) is 2. The molecule has 0 heterocycles. The molecule has 0 aromatic heterocycles. The van der Waals surface area contributed by atoms with Crippen molar-refractivity contribution in [2.24, 2.45) is 27.2 Å². The van der Waals surface area contributed by atoms with E-state index in [-0.39, 0.29) is 11.9 Å². The Hall–Kier alpha value is -1.11. The Balaban J connectivity index is 3.72. The highest BCUT2D eigenvalue weighted by Gasteiger charge is 1.91. The first-order valence-electron chi connectivity index (χ1n) is 3.72. The highest BCUT2D eigenvalue weighted by molar-refractivity contribution is 7.84. The molecule has 6 nitrogen and oxygen atoms in total. The third kappa shape index (κ3) is 8.80. The molecule has 0 fully saturated rings. The molecule has 0 spiro atoms. The number of aliphatic imine (C=N–C) groups is 2. The van der Waals surface area contributed by atoms with Crippen molar-refractivity contribution < 1.29 is 4.21 Å². The average Bonchev–Trinajstić information content (AvgIpc) is 1.96. The molecule has 76 valence electrons. The van der Waals surface area contributed by atoms with Crippen molar-refractivity contribution in [2.45, 2.75) is 6.42 Å². The summed E-state index contributed by atoms with van der Waals surface area (Å²) < 4.78 is 10.6. The molecule has 13 heavy (non-hydrogen) atoms. The summed E-state index contributed by atoms with van der Waals surface area (Å²) in [5.41, 5.74) is 15.4. The first kappa shape index (κ1) is 11.9. The minimum Gasteiger partial charge on any atom is -0.370 e. The second-order valence-corrected chi connectivity index (χ2v) is 3.96. The van der Waals surface area contributed by atoms with Gasteiger partial charge in [-0.1, -0.05) is 0 Å². The van der Waals surface area contributed by atoms with E-state index in [4.69, 9.17) is 17.2 Å². The van der Waals surface area contributed by atoms with Crippen LogP contribution >= 0.6 is 0 Å². The van der Waals surface area contributed by atoms with E-state index in [1.807, 2.05) is 0 Å². The summed E-state index contributed by atoms with van der Waals surface area (Å²) in [6, 6.07) is 0. The van der Waals surface area contributed by atoms with Crippen molar-refractivity contribution in [3.8, 4) is 0 Å². The van der Waals surface area contributed by atoms with Crippen LogP contribution in [0.1, 0.15) is 6.42 Å². The first-order valence-corrected chi connectivity index (χ1v) is 5.44. The van der Waals surface area contributed by atoms with Crippen LogP contribution in [0.15, 0.2) is 9.98 Å². The highest BCUT2D eigenvalue weighted by atomic mass is 32.2. The molecular weight excluding hydrogens is 190 g/mol. The fourth-order valence-corrected chi connectivity index (χ4v) is 1.16. The lowest BCUT2D eigenvalue weighted by molar-refractivity contribution is 0.684. The lowest BCUT2D eigenvalue weighted by Gasteiger charge is -1.95. The lowest BCUT2D eigenvalue weighted by Crippen LogP contribution is -2.26. The fraction of sp³-hybridized carbons (Fsp3) is 0.667. The van der Waals surface area contributed by atoms with Crippen LogP contribution in [-0.4, -0.2) is 34.7 Å². The second kappa shape index (κ2) is 6.41. The molecule has 0 aromatic carbocycles. The molecule has 7 heteroatoms. The number of rotatable bonds is 4. The van der Waals surface area contributed by atoms with E-state index in [2.05, 4.69) is 9.98 Å². The third-order valence-corrected chi connectivity index (χ3v) is 1.97. The van der Waals surface area contributed by atoms with Crippen molar-refractivity contribution in [3.63, 3.8) is 0 Å². The molecule has 1 unspecified atom stereocenters. The summed E-state index contributed by atoms with van der Waals surface area (Å²) in [7, 11) is -0.786. The van der Waals surface area contributed by atoms with E-state index < -0.39 is 10.8 Å². The molecular formula is C6H15N5OS. The number of guanidine groups is 2. The van der Waals surface area contributed by atoms with Gasteiger partial charge in [-0.3, -0.25) is 9.20 Å². The number of nitrogens with zero attached hydrogens (tertiary/aromatic N) is 2. The summed E-state index contributed by atoms with van der Waals surface area (Å²) in [5.74, 6) is 0.556. The van der Waals surface area contributed by atoms with Crippen molar-refractivity contribution >= 4 is 22.7 Å². The monoisotopic (exact) mass is 205 g/mol. The van der Waals surface area contributed by atoms with Crippen LogP contribution in [0.2, 0.25) is 0 Å². The molecule has 0 aliphatic carbocycles. The summed E-state index contributed by atoms with van der Waals surface area (Å²) in [6.45, 7) is 0.488. The molecule has 0 radical (unpaired) electrons. The van der Waals surface area contributed by atoms with Gasteiger partial charge in [0.15, 0.2) is 5.96 Å². The predicted octanol–water partition coefficient (Wildman–Crippen LogP) is -1.66. The van der Waals surface area contributed by atoms with Gasteiger partial charge in [-0.2, -0.15) is 4.99 Å². The predicted molar refractivity (Wildman–Crippen MR) is 55.8 cm³/mol. The van der Waals surface area contributed by atoms with E-state index in [1.165, 1.54) is 0 Å². The fourth-order valence-electron chi connectivity index (χ4n) is 0.629. The van der Waals surface area contributed by atoms with Crippen molar-refractivity contribution in [1.82, 2.24) is 0 Å². The maximum atomic E-state index is 10.6. The summed E-state index contributed by atoms with van der Waals surface area (Å²) in [6.07, 6.45) is 2.35. The first-order chi connectivity index (χ1) is 6.02. The molecule has 0 rings (SSSR count). The van der Waals surface area contributed by atoms with Crippen LogP contribution in [0.3, 0.4) is 0 Å². The average molecular weight is 205 g/mol. The van der Waals surface area contributed by atoms with E-state index in [1.54, 1.807) is 6.26 Å². The second-order valence-electron chi connectivity index (χ2n) is 2.41. The number of nitrogens with two attached hydrogens (primary N) is 3. The smallest absolute Gasteiger partial charge is 0.218 e. The molecule has 0 aliphatic heterocycles. The van der Waals surface area contributed by atoms with Gasteiger partial charge in [0, 0.05) is 29.4 Å². The van der Waals surface area contributed by atoms with Gasteiger partial charge in [-0.05, 0) is 6.42 Å². The normalized spacial score (nSPS) is 13.8. The SMILES string of the molecule is CS(=O)CCCN=C(N)N=C(N)N. The van der Waals surface area contributed by atoms with Crippen LogP contribution in [0.5, 0.6) is 0 Å². The molecule has 0 saturated heterocycles. The summed E-state index contributed by atoms with van der Waals surface area (Å²) in [4.78, 5) is 7.37. The lowest BCUT2D eigenvalue weighted by atomic mass is 10.5.